The van der Waals surface area contributed by atoms with Gasteiger partial charge in [-0.15, -0.1) is 0 Å². The van der Waals surface area contributed by atoms with Crippen LogP contribution in [-0.2, 0) is 17.8 Å². The first kappa shape index (κ1) is 18.6. The molecule has 0 fully saturated rings. The average molecular weight is 374 g/mol. The molecule has 0 spiro atoms. The van der Waals surface area contributed by atoms with E-state index in [0.717, 1.165) is 17.7 Å². The maximum Gasteiger partial charge on any atom is 0.225 e. The van der Waals surface area contributed by atoms with Gasteiger partial charge < -0.3 is 5.32 Å². The topological polar surface area (TPSA) is 59.8 Å². The van der Waals surface area contributed by atoms with Crippen LogP contribution in [0.4, 0.5) is 19.0 Å². The number of aryl methyl sites for hydroxylation is 2. The molecule has 3 aromatic rings. The summed E-state index contributed by atoms with van der Waals surface area (Å²) >= 11 is 0. The second-order valence-corrected chi connectivity index (χ2v) is 5.89. The molecule has 2 heterocycles. The summed E-state index contributed by atoms with van der Waals surface area (Å²) in [5.74, 6) is -3.87. The van der Waals surface area contributed by atoms with Crippen molar-refractivity contribution in [1.29, 1.82) is 0 Å². The van der Waals surface area contributed by atoms with E-state index in [1.165, 1.54) is 0 Å². The Hall–Kier alpha value is -3.16. The summed E-state index contributed by atoms with van der Waals surface area (Å²) in [5, 5.41) is 7.18. The summed E-state index contributed by atoms with van der Waals surface area (Å²) in [7, 11) is 0. The lowest BCUT2D eigenvalue weighted by Crippen LogP contribution is -2.15. The largest absolute Gasteiger partial charge is 0.311 e. The van der Waals surface area contributed by atoms with E-state index in [1.54, 1.807) is 23.1 Å². The fourth-order valence-corrected chi connectivity index (χ4v) is 2.64. The minimum atomic E-state index is -1.52. The second-order valence-electron chi connectivity index (χ2n) is 5.89. The van der Waals surface area contributed by atoms with Gasteiger partial charge in [0.2, 0.25) is 5.91 Å². The number of nitrogens with zero attached hydrogens (tertiary/aromatic N) is 3. The third-order valence-corrected chi connectivity index (χ3v) is 4.01. The van der Waals surface area contributed by atoms with Crippen LogP contribution in [-0.4, -0.2) is 20.7 Å². The Kier molecular flexibility index (Phi) is 5.54. The molecule has 1 amide bonds. The molecule has 1 aromatic carbocycles. The lowest BCUT2D eigenvalue weighted by atomic mass is 10.1. The van der Waals surface area contributed by atoms with E-state index in [-0.39, 0.29) is 24.3 Å². The van der Waals surface area contributed by atoms with Crippen molar-refractivity contribution in [2.75, 3.05) is 5.32 Å². The van der Waals surface area contributed by atoms with E-state index >= 15 is 0 Å². The highest BCUT2D eigenvalue weighted by atomic mass is 19.2. The monoisotopic (exact) mass is 374 g/mol. The minimum absolute atomic E-state index is 0.00992. The fraction of sp³-hybridized carbons (Fsp3) is 0.211. The molecule has 0 saturated carbocycles. The Morgan fingerprint density at radius 1 is 1.11 bits per heavy atom. The van der Waals surface area contributed by atoms with E-state index in [4.69, 9.17) is 0 Å². The number of rotatable bonds is 6. The smallest absolute Gasteiger partial charge is 0.225 e. The van der Waals surface area contributed by atoms with Crippen molar-refractivity contribution in [2.24, 2.45) is 0 Å². The van der Waals surface area contributed by atoms with Gasteiger partial charge in [-0.1, -0.05) is 0 Å². The number of carbonyl (C=O) groups excluding carboxylic acids is 1. The standard InChI is InChI=1S/C19H17F3N4O/c1-2-26-17(11-16(25-26)13-5-7-23-8-6-13)24-18(27)4-3-12-9-14(20)19(22)15(21)10-12/h5-11H,2-4H2,1H3,(H,24,27). The van der Waals surface area contributed by atoms with Crippen molar-refractivity contribution in [3.8, 4) is 11.3 Å². The van der Waals surface area contributed by atoms with Gasteiger partial charge in [-0.25, -0.2) is 17.9 Å². The SMILES string of the molecule is CCn1nc(-c2ccncc2)cc1NC(=O)CCc1cc(F)c(F)c(F)c1. The van der Waals surface area contributed by atoms with Crippen molar-refractivity contribution >= 4 is 11.7 Å². The van der Waals surface area contributed by atoms with Crippen molar-refractivity contribution in [2.45, 2.75) is 26.3 Å². The Morgan fingerprint density at radius 3 is 2.41 bits per heavy atom. The van der Waals surface area contributed by atoms with Gasteiger partial charge in [0.25, 0.3) is 0 Å². The molecule has 0 unspecified atom stereocenters. The lowest BCUT2D eigenvalue weighted by molar-refractivity contribution is -0.116. The van der Waals surface area contributed by atoms with E-state index in [1.807, 2.05) is 19.1 Å². The fourth-order valence-electron chi connectivity index (χ4n) is 2.64. The first-order chi connectivity index (χ1) is 13.0. The van der Waals surface area contributed by atoms with Crippen molar-refractivity contribution < 1.29 is 18.0 Å². The third kappa shape index (κ3) is 4.33. The van der Waals surface area contributed by atoms with Crippen LogP contribution in [0.1, 0.15) is 18.9 Å². The van der Waals surface area contributed by atoms with Crippen molar-refractivity contribution in [3.05, 3.63) is 65.7 Å². The number of benzene rings is 1. The van der Waals surface area contributed by atoms with Gasteiger partial charge in [-0.2, -0.15) is 5.10 Å². The van der Waals surface area contributed by atoms with Crippen molar-refractivity contribution in [1.82, 2.24) is 14.8 Å². The number of aromatic nitrogens is 3. The molecule has 27 heavy (non-hydrogen) atoms. The summed E-state index contributed by atoms with van der Waals surface area (Å²) < 4.78 is 41.1. The molecule has 0 radical (unpaired) electrons. The number of pyridine rings is 1. The van der Waals surface area contributed by atoms with E-state index in [2.05, 4.69) is 15.4 Å². The molecule has 2 aromatic heterocycles. The summed E-state index contributed by atoms with van der Waals surface area (Å²) in [6.07, 6.45) is 3.38. The molecular weight excluding hydrogens is 357 g/mol. The zero-order valence-electron chi connectivity index (χ0n) is 14.5. The number of hydrogen-bond acceptors (Lipinski definition) is 3. The molecule has 8 heteroatoms. The maximum absolute atomic E-state index is 13.2. The normalized spacial score (nSPS) is 10.8. The van der Waals surface area contributed by atoms with Gasteiger partial charge in [0, 0.05) is 37.0 Å². The predicted octanol–water partition coefficient (Wildman–Crippen LogP) is 3.95. The minimum Gasteiger partial charge on any atom is -0.311 e. The van der Waals surface area contributed by atoms with Gasteiger partial charge >= 0.3 is 0 Å². The molecular formula is C19H17F3N4O. The van der Waals surface area contributed by atoms with Crippen LogP contribution in [0.25, 0.3) is 11.3 Å². The summed E-state index contributed by atoms with van der Waals surface area (Å²) in [6.45, 7) is 2.44. The Labute approximate surface area is 153 Å². The van der Waals surface area contributed by atoms with Crippen LogP contribution in [0.5, 0.6) is 0 Å². The molecule has 0 bridgehead atoms. The summed E-state index contributed by atoms with van der Waals surface area (Å²) in [4.78, 5) is 16.2. The highest BCUT2D eigenvalue weighted by molar-refractivity contribution is 5.90. The molecule has 0 aliphatic carbocycles. The molecule has 0 aliphatic heterocycles. The predicted molar refractivity (Wildman–Crippen MR) is 94.4 cm³/mol. The summed E-state index contributed by atoms with van der Waals surface area (Å²) in [6, 6.07) is 7.15. The third-order valence-electron chi connectivity index (χ3n) is 4.01. The van der Waals surface area contributed by atoms with Gasteiger partial charge in [0.15, 0.2) is 17.5 Å². The highest BCUT2D eigenvalue weighted by Crippen LogP contribution is 2.22. The van der Waals surface area contributed by atoms with Gasteiger partial charge in [0.05, 0.1) is 5.69 Å². The van der Waals surface area contributed by atoms with E-state index < -0.39 is 17.5 Å². The zero-order chi connectivity index (χ0) is 19.4. The molecule has 3 rings (SSSR count). The van der Waals surface area contributed by atoms with Gasteiger partial charge in [0.1, 0.15) is 5.82 Å². The number of nitrogens with one attached hydrogen (secondary N) is 1. The van der Waals surface area contributed by atoms with E-state index in [0.29, 0.717) is 18.1 Å². The average Bonchev–Trinajstić information content (AvgIpc) is 3.08. The molecule has 0 atom stereocenters. The van der Waals surface area contributed by atoms with Gasteiger partial charge in [-0.05, 0) is 43.2 Å². The van der Waals surface area contributed by atoms with Gasteiger partial charge in [-0.3, -0.25) is 9.78 Å². The quantitative estimate of drug-likeness (QED) is 0.665. The van der Waals surface area contributed by atoms with Crippen LogP contribution in [0, 0.1) is 17.5 Å². The number of amides is 1. The van der Waals surface area contributed by atoms with Crippen LogP contribution in [0.3, 0.4) is 0 Å². The molecule has 140 valence electrons. The first-order valence-electron chi connectivity index (χ1n) is 8.39. The Bertz CT molecular complexity index is 934. The van der Waals surface area contributed by atoms with Crippen molar-refractivity contribution in [3.63, 3.8) is 0 Å². The maximum atomic E-state index is 13.2. The summed E-state index contributed by atoms with van der Waals surface area (Å²) in [5.41, 5.74) is 1.77. The van der Waals surface area contributed by atoms with Crippen LogP contribution in [0.15, 0.2) is 42.7 Å². The molecule has 5 nitrogen and oxygen atoms in total. The van der Waals surface area contributed by atoms with Crippen LogP contribution < -0.4 is 5.32 Å². The van der Waals surface area contributed by atoms with Crippen LogP contribution in [0.2, 0.25) is 0 Å². The number of hydrogen-bond donors (Lipinski definition) is 1. The Morgan fingerprint density at radius 2 is 1.78 bits per heavy atom. The highest BCUT2D eigenvalue weighted by Gasteiger charge is 2.14. The number of carbonyl (C=O) groups is 1. The number of halogens is 3. The lowest BCUT2D eigenvalue weighted by Gasteiger charge is -2.07. The number of anilines is 1. The second kappa shape index (κ2) is 8.03. The molecule has 0 aliphatic rings. The first-order valence-corrected chi connectivity index (χ1v) is 8.39. The molecule has 1 N–H and O–H groups in total. The van der Waals surface area contributed by atoms with Crippen LogP contribution >= 0.6 is 0 Å². The van der Waals surface area contributed by atoms with E-state index in [9.17, 15) is 18.0 Å². The zero-order valence-corrected chi connectivity index (χ0v) is 14.5. The molecule has 0 saturated heterocycles. The Balaban J connectivity index is 1.68.